The second kappa shape index (κ2) is 9.60. The van der Waals surface area contributed by atoms with Gasteiger partial charge >= 0.3 is 14.4 Å². The first-order valence-electron chi connectivity index (χ1n) is 10.8. The van der Waals surface area contributed by atoms with Gasteiger partial charge in [0.1, 0.15) is 11.7 Å². The first-order chi connectivity index (χ1) is 16.5. The summed E-state index contributed by atoms with van der Waals surface area (Å²) in [6, 6.07) is 6.76. The fraction of sp³-hybridized carbons (Fsp3) is 0.261. The molecule has 0 aliphatic carbocycles. The van der Waals surface area contributed by atoms with Crippen LogP contribution in [0.4, 0.5) is 13.2 Å². The average molecular weight is 518 g/mol. The van der Waals surface area contributed by atoms with Crippen molar-refractivity contribution in [1.29, 1.82) is 0 Å². The van der Waals surface area contributed by atoms with Gasteiger partial charge in [-0.25, -0.2) is 26.6 Å². The van der Waals surface area contributed by atoms with Crippen molar-refractivity contribution >= 4 is 45.9 Å². The number of halogens is 3. The van der Waals surface area contributed by atoms with E-state index in [1.165, 1.54) is 24.4 Å². The van der Waals surface area contributed by atoms with E-state index in [0.717, 1.165) is 12.3 Å². The van der Waals surface area contributed by atoms with Gasteiger partial charge in [-0.2, -0.15) is 0 Å². The number of hydrogen-bond acceptors (Lipinski definition) is 6. The van der Waals surface area contributed by atoms with Gasteiger partial charge in [0.25, 0.3) is 6.43 Å². The number of hydrogen-bond donors (Lipinski definition) is 1. The van der Waals surface area contributed by atoms with Crippen LogP contribution >= 0.6 is 0 Å². The molecule has 0 bridgehead atoms. The number of amides is 1. The van der Waals surface area contributed by atoms with Gasteiger partial charge in [-0.15, -0.1) is 0 Å². The second-order valence-corrected chi connectivity index (χ2v) is 12.8. The molecule has 0 spiro atoms. The Morgan fingerprint density at radius 1 is 1.29 bits per heavy atom. The fourth-order valence-electron chi connectivity index (χ4n) is 4.00. The Morgan fingerprint density at radius 3 is 2.71 bits per heavy atom. The van der Waals surface area contributed by atoms with E-state index in [-0.39, 0.29) is 21.1 Å². The van der Waals surface area contributed by atoms with Crippen LogP contribution in [0.3, 0.4) is 0 Å². The van der Waals surface area contributed by atoms with Crippen molar-refractivity contribution in [2.45, 2.75) is 30.2 Å². The number of carbonyl (C=O) groups is 1. The van der Waals surface area contributed by atoms with E-state index in [1.807, 2.05) is 6.92 Å². The number of fused-ring (bicyclic) bond motifs is 1. The fourth-order valence-corrected chi connectivity index (χ4v) is 6.24. The minimum absolute atomic E-state index is 0.0776. The van der Waals surface area contributed by atoms with Crippen LogP contribution in [-0.2, 0) is 14.6 Å². The van der Waals surface area contributed by atoms with Crippen molar-refractivity contribution in [2.24, 2.45) is 4.99 Å². The van der Waals surface area contributed by atoms with Gasteiger partial charge in [0.2, 0.25) is 5.91 Å². The number of benzene rings is 1. The maximum atomic E-state index is 14.6. The van der Waals surface area contributed by atoms with Crippen molar-refractivity contribution < 1.29 is 26.4 Å². The molecule has 4 rings (SSSR count). The lowest BCUT2D eigenvalue weighted by atomic mass is 10.0. The van der Waals surface area contributed by atoms with Crippen molar-refractivity contribution in [3.05, 3.63) is 71.3 Å². The van der Waals surface area contributed by atoms with E-state index < -0.39 is 47.9 Å². The predicted molar refractivity (Wildman–Crippen MR) is 128 cm³/mol. The van der Waals surface area contributed by atoms with E-state index >= 15 is 0 Å². The van der Waals surface area contributed by atoms with Gasteiger partial charge < -0.3 is 9.20 Å². The maximum Gasteiger partial charge on any atom is 0.454 e. The summed E-state index contributed by atoms with van der Waals surface area (Å²) in [5.41, 5.74) is 0.660. The summed E-state index contributed by atoms with van der Waals surface area (Å²) in [6.07, 6.45) is 2.86. The Kier molecular flexibility index (Phi) is 6.91. The number of rotatable bonds is 6. The zero-order valence-corrected chi connectivity index (χ0v) is 21.1. The number of aliphatic imine (C=N–C) groups is 1. The lowest BCUT2D eigenvalue weighted by molar-refractivity contribution is -0.115. The molecule has 1 aromatic heterocycles. The van der Waals surface area contributed by atoms with Crippen LogP contribution in [0, 0.1) is 5.82 Å². The molecule has 3 heterocycles. The lowest BCUT2D eigenvalue weighted by Gasteiger charge is -2.25. The maximum absolute atomic E-state index is 14.6. The number of nitrogens with zero attached hydrogens (tertiary/aromatic N) is 3. The van der Waals surface area contributed by atoms with Gasteiger partial charge in [0.15, 0.2) is 14.9 Å². The van der Waals surface area contributed by atoms with E-state index in [1.54, 1.807) is 29.0 Å². The van der Waals surface area contributed by atoms with Gasteiger partial charge in [-0.05, 0) is 40.7 Å². The van der Waals surface area contributed by atoms with Gasteiger partial charge in [-0.3, -0.25) is 9.79 Å². The third-order valence-electron chi connectivity index (χ3n) is 5.71. The molecule has 35 heavy (non-hydrogen) atoms. The van der Waals surface area contributed by atoms with Crippen LogP contribution < -0.4 is 8.73 Å². The Morgan fingerprint density at radius 2 is 2.03 bits per heavy atom. The van der Waals surface area contributed by atoms with E-state index in [9.17, 15) is 26.4 Å². The monoisotopic (exact) mass is 518 g/mol. The summed E-state index contributed by atoms with van der Waals surface area (Å²) in [5.74, 6) is 0.578. The highest BCUT2D eigenvalue weighted by atomic mass is 32.2. The third-order valence-corrected chi connectivity index (χ3v) is 8.77. The quantitative estimate of drug-likeness (QED) is 0.594. The molecule has 2 aromatic rings. The summed E-state index contributed by atoms with van der Waals surface area (Å²) >= 11 is -2.51. The van der Waals surface area contributed by atoms with Crippen LogP contribution in [0.15, 0.2) is 64.4 Å². The zero-order chi connectivity index (χ0) is 25.5. The predicted octanol–water partition coefficient (Wildman–Crippen LogP) is 2.59. The molecule has 1 N–H and O–H groups in total. The van der Waals surface area contributed by atoms with E-state index in [2.05, 4.69) is 14.3 Å². The number of alkyl halides is 2. The minimum Gasteiger partial charge on any atom is -0.438 e. The largest absolute Gasteiger partial charge is 0.454 e. The van der Waals surface area contributed by atoms with E-state index in [4.69, 9.17) is 0 Å². The molecule has 0 unspecified atom stereocenters. The molecule has 1 amide bonds. The number of sulfone groups is 1. The highest BCUT2D eigenvalue weighted by molar-refractivity contribution is 7.90. The molecule has 0 saturated carbocycles. The molecule has 0 radical (unpaired) electrons. The topological polar surface area (TPSA) is 91.7 Å². The molecule has 0 fully saturated rings. The Labute approximate surface area is 205 Å². The SMILES string of the molecule is C[C@@H]1CN2C=C(c3ccnc(S(C)(=O)=O)c3)C=C(C(=O)[NH][Al]([CH3])[c]3cccc(C(F)F)c3F)C2=N1. The highest BCUT2D eigenvalue weighted by Crippen LogP contribution is 2.29. The Bertz CT molecular complexity index is 1390. The normalized spacial score (nSPS) is 17.5. The summed E-state index contributed by atoms with van der Waals surface area (Å²) in [6.45, 7) is 2.41. The molecule has 0 saturated heterocycles. The third kappa shape index (κ3) is 5.20. The number of carbonyl (C=O) groups excluding carboxylic acids is 1. The number of pyridine rings is 1. The average Bonchev–Trinajstić information content (AvgIpc) is 3.17. The smallest absolute Gasteiger partial charge is 0.438 e. The van der Waals surface area contributed by atoms with Crippen molar-refractivity contribution in [3.8, 4) is 0 Å². The van der Waals surface area contributed by atoms with Crippen LogP contribution in [0.1, 0.15) is 24.5 Å². The van der Waals surface area contributed by atoms with Gasteiger partial charge in [0.05, 0.1) is 17.2 Å². The van der Waals surface area contributed by atoms with Gasteiger partial charge in [-0.1, -0.05) is 24.0 Å². The second-order valence-electron chi connectivity index (χ2n) is 8.50. The van der Waals surface area contributed by atoms with Crippen LogP contribution in [0.25, 0.3) is 5.57 Å². The lowest BCUT2D eigenvalue weighted by Crippen LogP contribution is -2.49. The van der Waals surface area contributed by atoms with Crippen molar-refractivity contribution in [1.82, 2.24) is 14.2 Å². The van der Waals surface area contributed by atoms with Gasteiger partial charge in [0, 0.05) is 25.2 Å². The molecule has 182 valence electrons. The van der Waals surface area contributed by atoms with Crippen LogP contribution in [-0.4, -0.2) is 63.3 Å². The van der Waals surface area contributed by atoms with Crippen molar-refractivity contribution in [2.75, 3.05) is 12.8 Å². The molecule has 7 nitrogen and oxygen atoms in total. The zero-order valence-electron chi connectivity index (χ0n) is 19.2. The molecular formula is C23H22AlF3N4O3S. The number of amidine groups is 1. The highest BCUT2D eigenvalue weighted by Gasteiger charge is 2.33. The minimum atomic E-state index is -3.54. The Hall–Kier alpha value is -2.94. The summed E-state index contributed by atoms with van der Waals surface area (Å²) < 4.78 is 67.7. The molecular weight excluding hydrogens is 496 g/mol. The van der Waals surface area contributed by atoms with E-state index in [0.29, 0.717) is 23.5 Å². The molecule has 2 aliphatic heterocycles. The first-order valence-corrected chi connectivity index (χ1v) is 15.0. The number of nitrogens with one attached hydrogen (secondary N) is 1. The Balaban J connectivity index is 1.68. The summed E-state index contributed by atoms with van der Waals surface area (Å²) in [7, 11) is -3.54. The molecule has 2 aliphatic rings. The number of aromatic nitrogens is 1. The standard InChI is InChI=1S/C15H16N4O3S.C7H4F3.CH3.Al/c1-9-7-19-8-11(5-12(14(16)20)15(19)18-9)10-3-4-17-13(6-10)23(2,21)22;8-6-4-2-1-3-5(6)7(9)10;;/h3-6,8-9H,7H2,1-2H3,(H2,16,20);1-3,7H;1H3;/q;;;+1/p-1/t9-;;;/m1.../s1. The first kappa shape index (κ1) is 25.2. The van der Waals surface area contributed by atoms with Crippen LogP contribution in [0.5, 0.6) is 0 Å². The summed E-state index contributed by atoms with van der Waals surface area (Å²) in [4.78, 5) is 23.5. The van der Waals surface area contributed by atoms with Crippen molar-refractivity contribution in [3.63, 3.8) is 0 Å². The molecule has 12 heteroatoms. The summed E-state index contributed by atoms with van der Waals surface area (Å²) in [5, 5.41) is -0.0972. The number of allylic oxidation sites excluding steroid dienone is 2. The molecule has 1 atom stereocenters. The van der Waals surface area contributed by atoms with Crippen LogP contribution in [0.2, 0.25) is 5.79 Å². The molecule has 1 aromatic carbocycles.